The Morgan fingerprint density at radius 2 is 1.58 bits per heavy atom. The maximum atomic E-state index is 12.8. The molecule has 2 atom stereocenters. The molecule has 2 rings (SSSR count). The third kappa shape index (κ3) is 6.83. The van der Waals surface area contributed by atoms with Crippen molar-refractivity contribution in [1.29, 1.82) is 0 Å². The largest absolute Gasteiger partial charge is 0.346 e. The molecule has 0 saturated carbocycles. The average molecular weight is 350 g/mol. The zero-order chi connectivity index (χ0) is 18.6. The van der Waals surface area contributed by atoms with Crippen molar-refractivity contribution < 1.29 is 9.59 Å². The van der Waals surface area contributed by atoms with Gasteiger partial charge in [0, 0.05) is 5.92 Å². The van der Waals surface area contributed by atoms with Crippen LogP contribution in [-0.4, -0.2) is 18.2 Å². The van der Waals surface area contributed by atoms with Crippen molar-refractivity contribution in [1.82, 2.24) is 5.32 Å². The molecule has 1 radical (unpaired) electrons. The summed E-state index contributed by atoms with van der Waals surface area (Å²) in [5.41, 5.74) is 2.36. The number of hydrogen-bond acceptors (Lipinski definition) is 2. The molecule has 0 aromatic heterocycles. The number of unbranched alkanes of at least 4 members (excludes halogenated alkanes) is 1. The predicted octanol–water partition coefficient (Wildman–Crippen LogP) is 4.26. The van der Waals surface area contributed by atoms with E-state index >= 15 is 0 Å². The van der Waals surface area contributed by atoms with Crippen LogP contribution in [0.15, 0.2) is 60.7 Å². The number of benzene rings is 2. The van der Waals surface area contributed by atoms with Crippen LogP contribution in [0.4, 0.5) is 0 Å². The van der Waals surface area contributed by atoms with E-state index in [1.165, 1.54) is 5.56 Å². The van der Waals surface area contributed by atoms with Gasteiger partial charge in [-0.3, -0.25) is 9.59 Å². The first-order valence-electron chi connectivity index (χ1n) is 9.48. The zero-order valence-electron chi connectivity index (χ0n) is 15.5. The lowest BCUT2D eigenvalue weighted by Gasteiger charge is -2.20. The molecule has 3 heteroatoms. The van der Waals surface area contributed by atoms with Gasteiger partial charge in [0.2, 0.25) is 12.2 Å². The van der Waals surface area contributed by atoms with Gasteiger partial charge in [-0.1, -0.05) is 80.4 Å². The highest BCUT2D eigenvalue weighted by Crippen LogP contribution is 2.17. The van der Waals surface area contributed by atoms with Crippen LogP contribution in [0.3, 0.4) is 0 Å². The van der Waals surface area contributed by atoms with Crippen molar-refractivity contribution >= 4 is 12.2 Å². The molecule has 0 aliphatic carbocycles. The fraction of sp³-hybridized carbons (Fsp3) is 0.391. The Labute approximate surface area is 156 Å². The predicted molar refractivity (Wildman–Crippen MR) is 106 cm³/mol. The lowest BCUT2D eigenvalue weighted by molar-refractivity contribution is -0.125. The van der Waals surface area contributed by atoms with Crippen molar-refractivity contribution in [3.63, 3.8) is 0 Å². The summed E-state index contributed by atoms with van der Waals surface area (Å²) in [6.45, 7) is 2.07. The van der Waals surface area contributed by atoms with Gasteiger partial charge in [-0.15, -0.1) is 0 Å². The first kappa shape index (κ1) is 19.9. The van der Waals surface area contributed by atoms with Crippen molar-refractivity contribution in [2.24, 2.45) is 5.92 Å². The molecule has 26 heavy (non-hydrogen) atoms. The molecular formula is C23H28NO2. The molecule has 2 aromatic carbocycles. The van der Waals surface area contributed by atoms with Gasteiger partial charge in [-0.25, -0.2) is 0 Å². The van der Waals surface area contributed by atoms with Crippen LogP contribution in [0.5, 0.6) is 0 Å². The SMILES string of the molecule is CCCC[C@@H]([C]=O)NC(=O)C(CCc1ccccc1)Cc1ccccc1. The number of hydrogen-bond donors (Lipinski definition) is 1. The van der Waals surface area contributed by atoms with E-state index in [4.69, 9.17) is 0 Å². The van der Waals surface area contributed by atoms with E-state index in [0.717, 1.165) is 31.2 Å². The lowest BCUT2D eigenvalue weighted by Crippen LogP contribution is -2.40. The normalized spacial score (nSPS) is 13.0. The van der Waals surface area contributed by atoms with Crippen LogP contribution >= 0.6 is 0 Å². The van der Waals surface area contributed by atoms with Crippen molar-refractivity contribution in [2.45, 2.75) is 51.5 Å². The van der Waals surface area contributed by atoms with Gasteiger partial charge < -0.3 is 5.32 Å². The summed E-state index contributed by atoms with van der Waals surface area (Å²) in [6.07, 6.45) is 6.82. The molecular weight excluding hydrogens is 322 g/mol. The summed E-state index contributed by atoms with van der Waals surface area (Å²) in [6, 6.07) is 19.7. The van der Waals surface area contributed by atoms with Gasteiger partial charge in [0.1, 0.15) is 0 Å². The van der Waals surface area contributed by atoms with Gasteiger partial charge in [0.25, 0.3) is 0 Å². The summed E-state index contributed by atoms with van der Waals surface area (Å²) >= 11 is 0. The molecule has 1 N–H and O–H groups in total. The number of carbonyl (C=O) groups excluding carboxylic acids is 2. The Bertz CT molecular complexity index is 654. The van der Waals surface area contributed by atoms with E-state index in [0.29, 0.717) is 12.8 Å². The second-order valence-corrected chi connectivity index (χ2v) is 6.73. The van der Waals surface area contributed by atoms with Gasteiger partial charge in [0.05, 0.1) is 6.04 Å². The van der Waals surface area contributed by atoms with E-state index in [2.05, 4.69) is 24.4 Å². The average Bonchev–Trinajstić information content (AvgIpc) is 2.69. The number of carbonyl (C=O) groups is 1. The highest BCUT2D eigenvalue weighted by Gasteiger charge is 2.22. The highest BCUT2D eigenvalue weighted by molar-refractivity contribution is 5.82. The minimum Gasteiger partial charge on any atom is -0.346 e. The van der Waals surface area contributed by atoms with E-state index in [1.54, 1.807) is 0 Å². The van der Waals surface area contributed by atoms with Crippen molar-refractivity contribution in [2.75, 3.05) is 0 Å². The smallest absolute Gasteiger partial charge is 0.224 e. The molecule has 2 aromatic rings. The van der Waals surface area contributed by atoms with E-state index in [9.17, 15) is 9.59 Å². The molecule has 1 amide bonds. The van der Waals surface area contributed by atoms with Gasteiger partial charge >= 0.3 is 0 Å². The Balaban J connectivity index is 2.03. The van der Waals surface area contributed by atoms with E-state index < -0.39 is 6.04 Å². The molecule has 137 valence electrons. The molecule has 1 unspecified atom stereocenters. The third-order valence-corrected chi connectivity index (χ3v) is 4.63. The molecule has 0 aliphatic rings. The molecule has 0 fully saturated rings. The number of aryl methyl sites for hydroxylation is 1. The molecule has 0 bridgehead atoms. The summed E-state index contributed by atoms with van der Waals surface area (Å²) in [4.78, 5) is 24.0. The van der Waals surface area contributed by atoms with Crippen LogP contribution in [-0.2, 0) is 22.4 Å². The monoisotopic (exact) mass is 350 g/mol. The van der Waals surface area contributed by atoms with Crippen molar-refractivity contribution in [3.8, 4) is 0 Å². The van der Waals surface area contributed by atoms with Gasteiger partial charge in [-0.05, 0) is 36.8 Å². The van der Waals surface area contributed by atoms with Crippen LogP contribution < -0.4 is 5.32 Å². The topological polar surface area (TPSA) is 46.2 Å². The molecule has 0 heterocycles. The van der Waals surface area contributed by atoms with Crippen LogP contribution in [0.2, 0.25) is 0 Å². The Kier molecular flexibility index (Phi) is 8.61. The van der Waals surface area contributed by atoms with Crippen LogP contribution in [0, 0.1) is 5.92 Å². The minimum atomic E-state index is -0.502. The molecule has 0 spiro atoms. The van der Waals surface area contributed by atoms with Gasteiger partial charge in [-0.2, -0.15) is 0 Å². The van der Waals surface area contributed by atoms with Gasteiger partial charge in [0.15, 0.2) is 0 Å². The fourth-order valence-electron chi connectivity index (χ4n) is 3.07. The minimum absolute atomic E-state index is 0.0470. The number of nitrogens with one attached hydrogen (secondary N) is 1. The quantitative estimate of drug-likeness (QED) is 0.658. The maximum Gasteiger partial charge on any atom is 0.224 e. The molecule has 3 nitrogen and oxygen atoms in total. The van der Waals surface area contributed by atoms with Crippen molar-refractivity contribution in [3.05, 3.63) is 71.8 Å². The summed E-state index contributed by atoms with van der Waals surface area (Å²) in [7, 11) is 0. The lowest BCUT2D eigenvalue weighted by atomic mass is 9.91. The first-order valence-corrected chi connectivity index (χ1v) is 9.48. The summed E-state index contributed by atoms with van der Waals surface area (Å²) < 4.78 is 0. The summed E-state index contributed by atoms with van der Waals surface area (Å²) in [5.74, 6) is -0.204. The first-order chi connectivity index (χ1) is 12.7. The standard InChI is InChI=1S/C23H28NO2/c1-2-3-14-22(18-25)24-23(26)21(17-20-12-8-5-9-13-20)16-15-19-10-6-4-7-11-19/h4-13,21-22H,2-3,14-17H2,1H3,(H,24,26)/t21?,22-/m0/s1. The Hall–Kier alpha value is -2.42. The fourth-order valence-corrected chi connectivity index (χ4v) is 3.07. The maximum absolute atomic E-state index is 12.8. The second-order valence-electron chi connectivity index (χ2n) is 6.73. The second kappa shape index (κ2) is 11.2. The van der Waals surface area contributed by atoms with E-state index in [1.807, 2.05) is 54.8 Å². The highest BCUT2D eigenvalue weighted by atomic mass is 16.2. The zero-order valence-corrected chi connectivity index (χ0v) is 15.5. The molecule has 0 saturated heterocycles. The van der Waals surface area contributed by atoms with Crippen LogP contribution in [0.25, 0.3) is 0 Å². The third-order valence-electron chi connectivity index (χ3n) is 4.63. The molecule has 0 aliphatic heterocycles. The van der Waals surface area contributed by atoms with E-state index in [-0.39, 0.29) is 11.8 Å². The van der Waals surface area contributed by atoms with Crippen LogP contribution in [0.1, 0.15) is 43.7 Å². The summed E-state index contributed by atoms with van der Waals surface area (Å²) in [5, 5.41) is 2.90. The Morgan fingerprint density at radius 1 is 0.962 bits per heavy atom. The number of amides is 1. The number of rotatable bonds is 11. The Morgan fingerprint density at radius 3 is 2.15 bits per heavy atom.